The van der Waals surface area contributed by atoms with Gasteiger partial charge in [-0.05, 0) is 84.9 Å². The average Bonchev–Trinajstić information content (AvgIpc) is 3.80. The fraction of sp³-hybridized carbons (Fsp3) is 0. The van der Waals surface area contributed by atoms with Crippen molar-refractivity contribution in [2.24, 2.45) is 0 Å². The molecular formula is C44H29N3S. The van der Waals surface area contributed by atoms with E-state index in [0.717, 1.165) is 22.7 Å². The van der Waals surface area contributed by atoms with Crippen LogP contribution in [-0.4, -0.2) is 9.13 Å². The van der Waals surface area contributed by atoms with Gasteiger partial charge in [0.25, 0.3) is 0 Å². The Morgan fingerprint density at radius 2 is 0.875 bits per heavy atom. The molecule has 0 bridgehead atoms. The zero-order chi connectivity index (χ0) is 31.6. The van der Waals surface area contributed by atoms with Gasteiger partial charge in [0.15, 0.2) is 0 Å². The van der Waals surface area contributed by atoms with Crippen LogP contribution in [0.15, 0.2) is 176 Å². The largest absolute Gasteiger partial charge is 0.311 e. The van der Waals surface area contributed by atoms with E-state index in [9.17, 15) is 0 Å². The Hall–Kier alpha value is -6.10. The van der Waals surface area contributed by atoms with Crippen molar-refractivity contribution in [2.45, 2.75) is 0 Å². The van der Waals surface area contributed by atoms with Crippen molar-refractivity contribution in [2.75, 3.05) is 4.90 Å². The molecule has 0 spiro atoms. The minimum absolute atomic E-state index is 1.12. The van der Waals surface area contributed by atoms with Crippen LogP contribution >= 0.6 is 11.3 Å². The summed E-state index contributed by atoms with van der Waals surface area (Å²) in [5.41, 5.74) is 9.35. The van der Waals surface area contributed by atoms with E-state index in [1.165, 1.54) is 58.7 Å². The van der Waals surface area contributed by atoms with E-state index in [1.54, 1.807) is 0 Å². The third-order valence-electron chi connectivity index (χ3n) is 9.50. The maximum Gasteiger partial charge on any atom is 0.109 e. The number of hydrogen-bond acceptors (Lipinski definition) is 2. The molecule has 0 aliphatic rings. The van der Waals surface area contributed by atoms with Crippen molar-refractivity contribution in [1.82, 2.24) is 9.13 Å². The molecule has 0 fully saturated rings. The Balaban J connectivity index is 1.24. The first-order valence-electron chi connectivity index (χ1n) is 16.3. The highest BCUT2D eigenvalue weighted by atomic mass is 32.1. The highest BCUT2D eigenvalue weighted by molar-refractivity contribution is 7.25. The minimum Gasteiger partial charge on any atom is -0.311 e. The van der Waals surface area contributed by atoms with Gasteiger partial charge in [-0.1, -0.05) is 91.0 Å². The Morgan fingerprint density at radius 1 is 0.354 bits per heavy atom. The van der Waals surface area contributed by atoms with E-state index in [0.29, 0.717) is 0 Å². The third kappa shape index (κ3) is 4.00. The molecule has 0 aliphatic carbocycles. The Kier molecular flexibility index (Phi) is 6.05. The summed E-state index contributed by atoms with van der Waals surface area (Å²) in [6, 6.07) is 63.3. The Morgan fingerprint density at radius 3 is 1.56 bits per heavy atom. The van der Waals surface area contributed by atoms with Crippen LogP contribution in [0.25, 0.3) is 64.4 Å². The second kappa shape index (κ2) is 10.7. The number of aromatic nitrogens is 2. The fourth-order valence-corrected chi connectivity index (χ4v) is 8.74. The topological polar surface area (TPSA) is 13.1 Å². The summed E-state index contributed by atoms with van der Waals surface area (Å²) in [4.78, 5) is 3.59. The van der Waals surface area contributed by atoms with Crippen molar-refractivity contribution in [1.29, 1.82) is 0 Å². The molecule has 0 amide bonds. The second-order valence-electron chi connectivity index (χ2n) is 12.2. The number of nitrogens with zero attached hydrogens (tertiary/aromatic N) is 3. The van der Waals surface area contributed by atoms with Crippen LogP contribution in [-0.2, 0) is 0 Å². The van der Waals surface area contributed by atoms with Gasteiger partial charge in [-0.25, -0.2) is 0 Å². The smallest absolute Gasteiger partial charge is 0.109 e. The first kappa shape index (κ1) is 27.1. The monoisotopic (exact) mass is 631 g/mol. The molecule has 10 rings (SSSR count). The molecule has 226 valence electrons. The van der Waals surface area contributed by atoms with Crippen LogP contribution in [0.3, 0.4) is 0 Å². The van der Waals surface area contributed by atoms with E-state index in [1.807, 2.05) is 11.3 Å². The molecule has 48 heavy (non-hydrogen) atoms. The lowest BCUT2D eigenvalue weighted by Crippen LogP contribution is -2.09. The van der Waals surface area contributed by atoms with Crippen molar-refractivity contribution in [3.63, 3.8) is 0 Å². The molecule has 0 unspecified atom stereocenters. The van der Waals surface area contributed by atoms with E-state index in [4.69, 9.17) is 0 Å². The fourth-order valence-electron chi connectivity index (χ4n) is 7.49. The molecule has 0 atom stereocenters. The van der Waals surface area contributed by atoms with Gasteiger partial charge in [-0.3, -0.25) is 0 Å². The number of anilines is 3. The number of benzene rings is 7. The maximum atomic E-state index is 2.46. The van der Waals surface area contributed by atoms with Crippen LogP contribution in [0.2, 0.25) is 0 Å². The van der Waals surface area contributed by atoms with Gasteiger partial charge in [0.1, 0.15) is 4.83 Å². The SMILES string of the molecule is c1ccc(N(c2ccccc2)c2ccc(-n3c4ccccc4c4c5c6c7ccccc7sc6n(-c6ccccc6)c5ccc43)cc2)cc1. The number of thiophene rings is 1. The molecule has 0 N–H and O–H groups in total. The van der Waals surface area contributed by atoms with Gasteiger partial charge >= 0.3 is 0 Å². The van der Waals surface area contributed by atoms with E-state index in [2.05, 4.69) is 190 Å². The van der Waals surface area contributed by atoms with E-state index >= 15 is 0 Å². The summed E-state index contributed by atoms with van der Waals surface area (Å²) in [5, 5.41) is 6.52. The maximum absolute atomic E-state index is 2.46. The molecule has 3 aromatic heterocycles. The van der Waals surface area contributed by atoms with E-state index < -0.39 is 0 Å². The Labute approximate surface area is 281 Å². The van der Waals surface area contributed by atoms with Gasteiger partial charge in [0, 0.05) is 60.1 Å². The molecule has 4 heteroatoms. The highest BCUT2D eigenvalue weighted by Gasteiger charge is 2.23. The number of fused-ring (bicyclic) bond motifs is 9. The summed E-state index contributed by atoms with van der Waals surface area (Å²) in [6.45, 7) is 0. The predicted molar refractivity (Wildman–Crippen MR) is 205 cm³/mol. The van der Waals surface area contributed by atoms with Crippen LogP contribution in [0.1, 0.15) is 0 Å². The lowest BCUT2D eigenvalue weighted by molar-refractivity contribution is 1.17. The zero-order valence-corrected chi connectivity index (χ0v) is 26.8. The normalized spacial score (nSPS) is 11.8. The summed E-state index contributed by atoms with van der Waals surface area (Å²) in [7, 11) is 0. The van der Waals surface area contributed by atoms with E-state index in [-0.39, 0.29) is 0 Å². The number of hydrogen-bond donors (Lipinski definition) is 0. The standard InChI is InChI=1S/C44H29N3S/c1-4-14-30(15-5-1)45(31-16-6-2-7-17-31)33-24-26-34(27-25-33)46-37-22-12-10-20-35(37)41-38(46)28-29-39-43(41)42-36-21-11-13-23-40(36)48-44(42)47(39)32-18-8-3-9-19-32/h1-29H. The lowest BCUT2D eigenvalue weighted by atomic mass is 10.0. The van der Waals surface area contributed by atoms with Gasteiger partial charge in [-0.2, -0.15) is 0 Å². The van der Waals surface area contributed by atoms with Crippen molar-refractivity contribution in [3.8, 4) is 11.4 Å². The first-order chi connectivity index (χ1) is 23.8. The molecule has 0 aliphatic heterocycles. The van der Waals surface area contributed by atoms with Crippen molar-refractivity contribution in [3.05, 3.63) is 176 Å². The van der Waals surface area contributed by atoms with Gasteiger partial charge in [-0.15, -0.1) is 11.3 Å². The van der Waals surface area contributed by atoms with Gasteiger partial charge in [0.2, 0.25) is 0 Å². The predicted octanol–water partition coefficient (Wildman–Crippen LogP) is 12.6. The number of para-hydroxylation sites is 4. The highest BCUT2D eigenvalue weighted by Crippen LogP contribution is 2.47. The summed E-state index contributed by atoms with van der Waals surface area (Å²) < 4.78 is 6.20. The molecule has 0 radical (unpaired) electrons. The molecular weight excluding hydrogens is 603 g/mol. The van der Waals surface area contributed by atoms with Gasteiger partial charge < -0.3 is 14.0 Å². The molecule has 7 aromatic carbocycles. The third-order valence-corrected chi connectivity index (χ3v) is 10.7. The van der Waals surface area contributed by atoms with Crippen LogP contribution < -0.4 is 4.90 Å². The molecule has 10 aromatic rings. The van der Waals surface area contributed by atoms with Crippen LogP contribution in [0.4, 0.5) is 17.1 Å². The number of rotatable bonds is 5. The first-order valence-corrected chi connectivity index (χ1v) is 17.1. The second-order valence-corrected chi connectivity index (χ2v) is 13.2. The van der Waals surface area contributed by atoms with Crippen molar-refractivity contribution < 1.29 is 0 Å². The quantitative estimate of drug-likeness (QED) is 0.184. The summed E-state index contributed by atoms with van der Waals surface area (Å²) >= 11 is 1.88. The van der Waals surface area contributed by atoms with Gasteiger partial charge in [0.05, 0.1) is 16.6 Å². The minimum atomic E-state index is 1.12. The molecule has 0 saturated heterocycles. The summed E-state index contributed by atoms with van der Waals surface area (Å²) in [6.07, 6.45) is 0. The van der Waals surface area contributed by atoms with Crippen LogP contribution in [0.5, 0.6) is 0 Å². The molecule has 3 nitrogen and oxygen atoms in total. The van der Waals surface area contributed by atoms with Crippen LogP contribution in [0, 0.1) is 0 Å². The van der Waals surface area contributed by atoms with Crippen molar-refractivity contribution >= 4 is 81.4 Å². The lowest BCUT2D eigenvalue weighted by Gasteiger charge is -2.25. The average molecular weight is 632 g/mol. The Bertz CT molecular complexity index is 2720. The zero-order valence-electron chi connectivity index (χ0n) is 26.0. The summed E-state index contributed by atoms with van der Waals surface area (Å²) in [5.74, 6) is 0. The molecule has 0 saturated carbocycles. The molecule has 3 heterocycles.